The lowest BCUT2D eigenvalue weighted by Crippen LogP contribution is -2.38. The third-order valence-corrected chi connectivity index (χ3v) is 3.70. The number of fused-ring (bicyclic) bond motifs is 1. The van der Waals surface area contributed by atoms with E-state index in [9.17, 15) is 5.11 Å². The van der Waals surface area contributed by atoms with Gasteiger partial charge in [0.15, 0.2) is 0 Å². The zero-order valence-electron chi connectivity index (χ0n) is 9.35. The topological polar surface area (TPSA) is 32.7 Å². The second-order valence-corrected chi connectivity index (χ2v) is 4.55. The lowest BCUT2D eigenvalue weighted by atomic mass is 10.1. The van der Waals surface area contributed by atoms with Crippen LogP contribution < -0.4 is 0 Å². The van der Waals surface area contributed by atoms with Crippen molar-refractivity contribution in [3.05, 3.63) is 29.3 Å². The van der Waals surface area contributed by atoms with Crippen LogP contribution in [0.15, 0.2) is 18.2 Å². The average molecular weight is 219 g/mol. The Balaban J connectivity index is 1.87. The predicted octanol–water partition coefficient (Wildman–Crippen LogP) is 1.71. The van der Waals surface area contributed by atoms with Crippen LogP contribution in [0.4, 0.5) is 0 Å². The summed E-state index contributed by atoms with van der Waals surface area (Å²) in [6.07, 6.45) is 2.14. The highest BCUT2D eigenvalue weighted by Crippen LogP contribution is 2.39. The number of nitrogens with zero attached hydrogens (tertiary/aromatic N) is 1. The molecule has 86 valence electrons. The summed E-state index contributed by atoms with van der Waals surface area (Å²) < 4.78 is 5.38. The summed E-state index contributed by atoms with van der Waals surface area (Å²) in [6.45, 7) is 3.70. The second-order valence-electron chi connectivity index (χ2n) is 4.55. The number of rotatable bonds is 1. The van der Waals surface area contributed by atoms with Gasteiger partial charge in [-0.3, -0.25) is 4.90 Å². The van der Waals surface area contributed by atoms with Crippen molar-refractivity contribution in [1.29, 1.82) is 0 Å². The molecule has 1 aliphatic carbocycles. The molecule has 1 aliphatic heterocycles. The fourth-order valence-corrected chi connectivity index (χ4v) is 2.88. The van der Waals surface area contributed by atoms with Gasteiger partial charge >= 0.3 is 0 Å². The third-order valence-electron chi connectivity index (χ3n) is 3.70. The first-order chi connectivity index (χ1) is 7.86. The molecule has 3 rings (SSSR count). The molecule has 3 nitrogen and oxygen atoms in total. The van der Waals surface area contributed by atoms with E-state index in [0.717, 1.165) is 44.7 Å². The molecule has 1 aromatic carbocycles. The van der Waals surface area contributed by atoms with Crippen molar-refractivity contribution in [2.24, 2.45) is 0 Å². The lowest BCUT2D eigenvalue weighted by Gasteiger charge is -2.32. The molecule has 1 N–H and O–H groups in total. The summed E-state index contributed by atoms with van der Waals surface area (Å²) in [5.41, 5.74) is 2.47. The molecular weight excluding hydrogens is 202 g/mol. The first-order valence-corrected chi connectivity index (χ1v) is 5.99. The van der Waals surface area contributed by atoms with Gasteiger partial charge in [-0.05, 0) is 30.0 Å². The molecule has 3 heteroatoms. The van der Waals surface area contributed by atoms with Crippen molar-refractivity contribution >= 4 is 0 Å². The van der Waals surface area contributed by atoms with Gasteiger partial charge in [-0.2, -0.15) is 0 Å². The van der Waals surface area contributed by atoms with E-state index in [-0.39, 0.29) is 0 Å². The van der Waals surface area contributed by atoms with Crippen LogP contribution in [0.2, 0.25) is 0 Å². The van der Waals surface area contributed by atoms with Crippen LogP contribution in [0.5, 0.6) is 5.75 Å². The van der Waals surface area contributed by atoms with Gasteiger partial charge in [-0.1, -0.05) is 12.1 Å². The van der Waals surface area contributed by atoms with Crippen molar-refractivity contribution in [2.75, 3.05) is 26.3 Å². The molecule has 1 saturated heterocycles. The third kappa shape index (κ3) is 1.60. The van der Waals surface area contributed by atoms with Crippen molar-refractivity contribution in [2.45, 2.75) is 18.9 Å². The fourth-order valence-electron chi connectivity index (χ4n) is 2.88. The van der Waals surface area contributed by atoms with E-state index in [1.807, 2.05) is 6.07 Å². The minimum Gasteiger partial charge on any atom is -0.508 e. The molecule has 16 heavy (non-hydrogen) atoms. The monoisotopic (exact) mass is 219 g/mol. The Morgan fingerprint density at radius 2 is 2.06 bits per heavy atom. The van der Waals surface area contributed by atoms with Gasteiger partial charge in [0.1, 0.15) is 5.75 Å². The number of phenolic OH excluding ortho intramolecular Hbond substituents is 1. The van der Waals surface area contributed by atoms with Crippen LogP contribution in [0.25, 0.3) is 0 Å². The summed E-state index contributed by atoms with van der Waals surface area (Å²) >= 11 is 0. The Kier molecular flexibility index (Phi) is 2.58. The standard InChI is InChI=1S/C13H17NO2/c15-13-3-1-2-10-11(13)4-5-12(10)14-6-8-16-9-7-14/h1-3,12,15H,4-9H2. The quantitative estimate of drug-likeness (QED) is 0.780. The van der Waals surface area contributed by atoms with E-state index in [1.165, 1.54) is 5.56 Å². The molecule has 0 saturated carbocycles. The molecule has 0 radical (unpaired) electrons. The van der Waals surface area contributed by atoms with Gasteiger partial charge < -0.3 is 9.84 Å². The van der Waals surface area contributed by atoms with Gasteiger partial charge in [0.25, 0.3) is 0 Å². The van der Waals surface area contributed by atoms with Crippen molar-refractivity contribution in [1.82, 2.24) is 4.90 Å². The molecule has 2 aliphatic rings. The first kappa shape index (κ1) is 10.1. The van der Waals surface area contributed by atoms with E-state index >= 15 is 0 Å². The summed E-state index contributed by atoms with van der Waals surface area (Å²) in [4.78, 5) is 2.48. The molecule has 0 bridgehead atoms. The van der Waals surface area contributed by atoms with E-state index in [1.54, 1.807) is 6.07 Å². The zero-order chi connectivity index (χ0) is 11.0. The normalized spacial score (nSPS) is 25.6. The SMILES string of the molecule is Oc1cccc2c1CCC2N1CCOCC1. The zero-order valence-corrected chi connectivity index (χ0v) is 9.35. The fraction of sp³-hybridized carbons (Fsp3) is 0.538. The van der Waals surface area contributed by atoms with Crippen LogP contribution in [0, 0.1) is 0 Å². The molecular formula is C13H17NO2. The Morgan fingerprint density at radius 3 is 2.88 bits per heavy atom. The molecule has 1 heterocycles. The van der Waals surface area contributed by atoms with E-state index in [0.29, 0.717) is 11.8 Å². The maximum atomic E-state index is 9.80. The van der Waals surface area contributed by atoms with Crippen LogP contribution >= 0.6 is 0 Å². The predicted molar refractivity (Wildman–Crippen MR) is 61.6 cm³/mol. The minimum atomic E-state index is 0.466. The number of morpholine rings is 1. The van der Waals surface area contributed by atoms with Crippen molar-refractivity contribution in [3.63, 3.8) is 0 Å². The maximum absolute atomic E-state index is 9.80. The Bertz CT molecular complexity index is 386. The van der Waals surface area contributed by atoms with Gasteiger partial charge in [0.2, 0.25) is 0 Å². The highest BCUT2D eigenvalue weighted by atomic mass is 16.5. The molecule has 1 aromatic rings. The van der Waals surface area contributed by atoms with E-state index < -0.39 is 0 Å². The smallest absolute Gasteiger partial charge is 0.119 e. The van der Waals surface area contributed by atoms with E-state index in [2.05, 4.69) is 11.0 Å². The molecule has 1 fully saturated rings. The second kappa shape index (κ2) is 4.07. The Labute approximate surface area is 95.6 Å². The van der Waals surface area contributed by atoms with Gasteiger partial charge in [0.05, 0.1) is 13.2 Å². The minimum absolute atomic E-state index is 0.466. The molecule has 1 atom stereocenters. The van der Waals surface area contributed by atoms with Crippen molar-refractivity contribution in [3.8, 4) is 5.75 Å². The largest absolute Gasteiger partial charge is 0.508 e. The number of hydrogen-bond donors (Lipinski definition) is 1. The summed E-state index contributed by atoms with van der Waals surface area (Å²) in [5, 5.41) is 9.80. The maximum Gasteiger partial charge on any atom is 0.119 e. The van der Waals surface area contributed by atoms with Crippen LogP contribution in [-0.2, 0) is 11.2 Å². The molecule has 0 spiro atoms. The first-order valence-electron chi connectivity index (χ1n) is 5.99. The van der Waals surface area contributed by atoms with Crippen LogP contribution in [-0.4, -0.2) is 36.3 Å². The van der Waals surface area contributed by atoms with Crippen molar-refractivity contribution < 1.29 is 9.84 Å². The van der Waals surface area contributed by atoms with Crippen LogP contribution in [0.3, 0.4) is 0 Å². The number of phenols is 1. The van der Waals surface area contributed by atoms with Gasteiger partial charge in [-0.15, -0.1) is 0 Å². The molecule has 0 aromatic heterocycles. The number of ether oxygens (including phenoxy) is 1. The Morgan fingerprint density at radius 1 is 1.25 bits per heavy atom. The molecule has 0 amide bonds. The molecule has 1 unspecified atom stereocenters. The number of hydrogen-bond acceptors (Lipinski definition) is 3. The highest BCUT2D eigenvalue weighted by Gasteiger charge is 2.30. The van der Waals surface area contributed by atoms with Gasteiger partial charge in [-0.25, -0.2) is 0 Å². The number of benzene rings is 1. The van der Waals surface area contributed by atoms with E-state index in [4.69, 9.17) is 4.74 Å². The summed E-state index contributed by atoms with van der Waals surface area (Å²) in [5.74, 6) is 0.466. The highest BCUT2D eigenvalue weighted by molar-refractivity contribution is 5.44. The lowest BCUT2D eigenvalue weighted by molar-refractivity contribution is 0.0164. The van der Waals surface area contributed by atoms with Gasteiger partial charge in [0, 0.05) is 19.1 Å². The van der Waals surface area contributed by atoms with Crippen LogP contribution in [0.1, 0.15) is 23.6 Å². The summed E-state index contributed by atoms with van der Waals surface area (Å²) in [7, 11) is 0. The average Bonchev–Trinajstić information content (AvgIpc) is 2.75. The number of aromatic hydroxyl groups is 1. The Hall–Kier alpha value is -1.06. The summed E-state index contributed by atoms with van der Waals surface area (Å²) in [6, 6.07) is 6.39.